The lowest BCUT2D eigenvalue weighted by molar-refractivity contribution is -0.121. The molecule has 6 rings (SSSR count). The maximum atomic E-state index is 12.9. The fourth-order valence-corrected chi connectivity index (χ4v) is 6.18. The maximum absolute atomic E-state index is 12.9. The fraction of sp³-hybridized carbons (Fsp3) is 0.233. The number of carbonyl (C=O) groups is 1. The lowest BCUT2D eigenvalue weighted by Gasteiger charge is -2.45. The second-order valence-electron chi connectivity index (χ2n) is 10.1. The normalized spacial score (nSPS) is 22.5. The Bertz CT molecular complexity index is 1600. The quantitative estimate of drug-likeness (QED) is 0.308. The van der Waals surface area contributed by atoms with Crippen LogP contribution in [0.1, 0.15) is 31.5 Å². The van der Waals surface area contributed by atoms with Crippen molar-refractivity contribution in [3.8, 4) is 28.1 Å². The van der Waals surface area contributed by atoms with Gasteiger partial charge in [0.15, 0.2) is 5.78 Å². The third-order valence-corrected chi connectivity index (χ3v) is 8.02. The first-order valence-electron chi connectivity index (χ1n) is 12.4. The topological polar surface area (TPSA) is 91.0 Å². The van der Waals surface area contributed by atoms with Crippen LogP contribution in [-0.4, -0.2) is 25.5 Å². The Kier molecular flexibility index (Phi) is 5.27. The van der Waals surface area contributed by atoms with E-state index in [-0.39, 0.29) is 23.3 Å². The van der Waals surface area contributed by atoms with E-state index in [0.717, 1.165) is 52.2 Å². The highest BCUT2D eigenvalue weighted by Crippen LogP contribution is 2.52. The standard InChI is InChI=1S/C30H26N6O/c1-18-24-13-12-23-27(22-6-4-5-7-25(22)31)35-36(29(23)30(24,2)14-26(32-3)28(18)37)21-10-8-19(9-11-21)20-15-33-17-34-16-20/h4-11,14-18,24H,12-13,31H2,1-2H3/t18-,24-,30-/m1/s1. The molecule has 7 nitrogen and oxygen atoms in total. The molecule has 2 aliphatic carbocycles. The number of rotatable bonds is 3. The summed E-state index contributed by atoms with van der Waals surface area (Å²) in [6, 6.07) is 15.9. The monoisotopic (exact) mass is 486 g/mol. The van der Waals surface area contributed by atoms with E-state index in [9.17, 15) is 4.79 Å². The van der Waals surface area contributed by atoms with Crippen molar-refractivity contribution in [2.45, 2.75) is 32.1 Å². The number of para-hydroxylation sites is 1. The zero-order chi connectivity index (χ0) is 25.7. The van der Waals surface area contributed by atoms with Crippen LogP contribution in [-0.2, 0) is 16.6 Å². The highest BCUT2D eigenvalue weighted by Gasteiger charge is 2.50. The van der Waals surface area contributed by atoms with Gasteiger partial charge in [0.2, 0.25) is 5.70 Å². The van der Waals surface area contributed by atoms with Gasteiger partial charge in [0.25, 0.3) is 0 Å². The molecule has 2 aromatic carbocycles. The summed E-state index contributed by atoms with van der Waals surface area (Å²) in [4.78, 5) is 24.8. The van der Waals surface area contributed by atoms with Crippen LogP contribution in [0.4, 0.5) is 5.69 Å². The molecule has 3 atom stereocenters. The number of nitrogens with two attached hydrogens (primary N) is 1. The molecule has 0 bridgehead atoms. The van der Waals surface area contributed by atoms with Crippen LogP contribution in [0.5, 0.6) is 0 Å². The van der Waals surface area contributed by atoms with E-state index in [2.05, 4.69) is 21.7 Å². The molecule has 4 aromatic rings. The summed E-state index contributed by atoms with van der Waals surface area (Å²) in [6.07, 6.45) is 8.61. The molecule has 0 radical (unpaired) electrons. The van der Waals surface area contributed by atoms with Crippen LogP contribution >= 0.6 is 0 Å². The predicted molar refractivity (Wildman–Crippen MR) is 142 cm³/mol. The minimum atomic E-state index is -0.526. The van der Waals surface area contributed by atoms with Gasteiger partial charge in [0.1, 0.15) is 6.33 Å². The number of benzene rings is 2. The number of aromatic nitrogens is 4. The number of allylic oxidation sites excluding steroid dienone is 2. The molecule has 182 valence electrons. The number of nitrogens with zero attached hydrogens (tertiary/aromatic N) is 5. The highest BCUT2D eigenvalue weighted by atomic mass is 16.1. The van der Waals surface area contributed by atoms with Gasteiger partial charge in [0, 0.05) is 46.1 Å². The summed E-state index contributed by atoms with van der Waals surface area (Å²) in [5, 5.41) is 5.15. The maximum Gasteiger partial charge on any atom is 0.226 e. The Balaban J connectivity index is 1.59. The average molecular weight is 487 g/mol. The van der Waals surface area contributed by atoms with Crippen molar-refractivity contribution >= 4 is 11.5 Å². The molecular weight excluding hydrogens is 460 g/mol. The lowest BCUT2D eigenvalue weighted by Crippen LogP contribution is -2.46. The number of hydrogen-bond acceptors (Lipinski definition) is 5. The second kappa shape index (κ2) is 8.52. The molecule has 0 saturated heterocycles. The highest BCUT2D eigenvalue weighted by molar-refractivity contribution is 6.00. The van der Waals surface area contributed by atoms with Gasteiger partial charge < -0.3 is 10.5 Å². The average Bonchev–Trinajstić information content (AvgIpc) is 3.32. The first-order valence-corrected chi connectivity index (χ1v) is 12.4. The Morgan fingerprint density at radius 2 is 1.81 bits per heavy atom. The molecule has 0 spiro atoms. The molecule has 0 unspecified atom stereocenters. The third-order valence-electron chi connectivity index (χ3n) is 8.02. The lowest BCUT2D eigenvalue weighted by atomic mass is 9.58. The van der Waals surface area contributed by atoms with Gasteiger partial charge in [0.05, 0.1) is 23.6 Å². The summed E-state index contributed by atoms with van der Waals surface area (Å²) < 4.78 is 2.00. The molecular formula is C30H26N6O. The molecule has 2 N–H and O–H groups in total. The van der Waals surface area contributed by atoms with E-state index in [1.807, 2.05) is 66.2 Å². The zero-order valence-electron chi connectivity index (χ0n) is 20.7. The van der Waals surface area contributed by atoms with Crippen molar-refractivity contribution in [2.24, 2.45) is 11.8 Å². The SMILES string of the molecule is [C-]#[N+]C1=C[C@@]2(C)c3c(c(-c4ccccc4N)nn3-c3ccc(-c4cncnc4)cc3)CC[C@@H]2[C@@H](C)C1=O. The zero-order valence-corrected chi connectivity index (χ0v) is 20.7. The van der Waals surface area contributed by atoms with Crippen LogP contribution in [0.25, 0.3) is 32.9 Å². The molecule has 2 aromatic heterocycles. The van der Waals surface area contributed by atoms with E-state index < -0.39 is 5.41 Å². The summed E-state index contributed by atoms with van der Waals surface area (Å²) >= 11 is 0. The number of anilines is 1. The van der Waals surface area contributed by atoms with Gasteiger partial charge in [-0.25, -0.2) is 19.5 Å². The largest absolute Gasteiger partial charge is 0.398 e. The van der Waals surface area contributed by atoms with Crippen LogP contribution < -0.4 is 5.73 Å². The van der Waals surface area contributed by atoms with Crippen molar-refractivity contribution < 1.29 is 4.79 Å². The van der Waals surface area contributed by atoms with Crippen molar-refractivity contribution in [2.75, 3.05) is 5.73 Å². The summed E-state index contributed by atoms with van der Waals surface area (Å²) in [5.41, 5.74) is 13.5. The summed E-state index contributed by atoms with van der Waals surface area (Å²) in [5.74, 6) is -0.217. The first-order chi connectivity index (χ1) is 17.9. The molecule has 0 aliphatic heterocycles. The number of hydrogen-bond donors (Lipinski definition) is 1. The van der Waals surface area contributed by atoms with Gasteiger partial charge in [-0.15, -0.1) is 0 Å². The van der Waals surface area contributed by atoms with E-state index in [0.29, 0.717) is 5.69 Å². The molecule has 0 saturated carbocycles. The van der Waals surface area contributed by atoms with E-state index in [4.69, 9.17) is 17.4 Å². The molecule has 0 fully saturated rings. The second-order valence-corrected chi connectivity index (χ2v) is 10.1. The Morgan fingerprint density at radius 1 is 1.08 bits per heavy atom. The molecule has 2 heterocycles. The van der Waals surface area contributed by atoms with Crippen molar-refractivity contribution in [1.82, 2.24) is 19.7 Å². The van der Waals surface area contributed by atoms with Crippen LogP contribution in [0.2, 0.25) is 0 Å². The van der Waals surface area contributed by atoms with Gasteiger partial charge in [-0.3, -0.25) is 0 Å². The van der Waals surface area contributed by atoms with Crippen LogP contribution in [0.15, 0.2) is 79.0 Å². The van der Waals surface area contributed by atoms with Gasteiger partial charge >= 0.3 is 0 Å². The fourth-order valence-electron chi connectivity index (χ4n) is 6.18. The van der Waals surface area contributed by atoms with Crippen molar-refractivity contribution in [3.63, 3.8) is 0 Å². The number of ketones is 1. The molecule has 2 aliphatic rings. The Hall–Kier alpha value is -4.57. The number of carbonyl (C=O) groups excluding carboxylic acids is 1. The minimum absolute atomic E-state index is 0.0612. The van der Waals surface area contributed by atoms with Crippen LogP contribution in [0.3, 0.4) is 0 Å². The number of fused-ring (bicyclic) bond motifs is 3. The smallest absolute Gasteiger partial charge is 0.226 e. The minimum Gasteiger partial charge on any atom is -0.398 e. The van der Waals surface area contributed by atoms with Gasteiger partial charge in [-0.1, -0.05) is 50.3 Å². The van der Waals surface area contributed by atoms with Crippen molar-refractivity contribution in [1.29, 1.82) is 0 Å². The number of nitrogen functional groups attached to an aromatic ring is 1. The third kappa shape index (κ3) is 3.48. The Labute approximate surface area is 215 Å². The first kappa shape index (κ1) is 22.9. The predicted octanol–water partition coefficient (Wildman–Crippen LogP) is 5.42. The Morgan fingerprint density at radius 3 is 2.51 bits per heavy atom. The van der Waals surface area contributed by atoms with Crippen LogP contribution in [0, 0.1) is 18.4 Å². The molecule has 7 heteroatoms. The number of Topliss-reactive ketones (excluding diaryl/α,β-unsaturated/α-hetero) is 1. The van der Waals surface area contributed by atoms with E-state index in [1.165, 1.54) is 6.33 Å². The van der Waals surface area contributed by atoms with Gasteiger partial charge in [-0.05, 0) is 42.5 Å². The summed E-state index contributed by atoms with van der Waals surface area (Å²) in [6.45, 7) is 11.8. The van der Waals surface area contributed by atoms with Gasteiger partial charge in [-0.2, -0.15) is 5.10 Å². The van der Waals surface area contributed by atoms with Crippen molar-refractivity contribution in [3.05, 3.63) is 102 Å². The molecule has 37 heavy (non-hydrogen) atoms. The van der Waals surface area contributed by atoms with E-state index in [1.54, 1.807) is 12.4 Å². The van der Waals surface area contributed by atoms with E-state index >= 15 is 0 Å². The molecule has 0 amide bonds. The summed E-state index contributed by atoms with van der Waals surface area (Å²) in [7, 11) is 0.